The topological polar surface area (TPSA) is 78.9 Å². The number of amides is 1. The van der Waals surface area contributed by atoms with E-state index in [1.54, 1.807) is 12.1 Å². The van der Waals surface area contributed by atoms with Gasteiger partial charge in [0.05, 0.1) is 18.8 Å². The van der Waals surface area contributed by atoms with Crippen LogP contribution in [0.4, 0.5) is 5.69 Å². The van der Waals surface area contributed by atoms with Gasteiger partial charge in [0, 0.05) is 0 Å². The first-order valence-electron chi connectivity index (χ1n) is 6.05. The Morgan fingerprint density at radius 2 is 2.25 bits per heavy atom. The number of aliphatic carboxylic acids is 1. The Labute approximate surface area is 116 Å². The van der Waals surface area contributed by atoms with Crippen LogP contribution in [0.5, 0.6) is 5.75 Å². The van der Waals surface area contributed by atoms with Gasteiger partial charge in [0.25, 0.3) is 5.91 Å². The molecule has 0 spiro atoms. The average Bonchev–Trinajstić information content (AvgIpc) is 2.45. The van der Waals surface area contributed by atoms with Crippen LogP contribution in [0.3, 0.4) is 0 Å². The molecule has 1 heterocycles. The Balaban J connectivity index is 2.10. The van der Waals surface area contributed by atoms with Crippen LogP contribution in [0.15, 0.2) is 24.3 Å². The highest BCUT2D eigenvalue weighted by Gasteiger charge is 2.30. The first-order valence-corrected chi connectivity index (χ1v) is 6.05. The zero-order valence-electron chi connectivity index (χ0n) is 10.7. The second kappa shape index (κ2) is 5.97. The molecule has 2 N–H and O–H groups in total. The summed E-state index contributed by atoms with van der Waals surface area (Å²) in [4.78, 5) is 24.1. The Morgan fingerprint density at radius 3 is 2.95 bits per heavy atom. The molecule has 2 rings (SSSR count). The number of carbonyl (C=O) groups excluding carboxylic acids is 1. The van der Waals surface area contributed by atoms with E-state index in [1.165, 1.54) is 0 Å². The van der Waals surface area contributed by atoms with Gasteiger partial charge in [-0.15, -0.1) is 6.42 Å². The molecule has 6 nitrogen and oxygen atoms in total. The molecule has 0 aromatic heterocycles. The molecule has 0 aliphatic carbocycles. The minimum Gasteiger partial charge on any atom is -0.480 e. The van der Waals surface area contributed by atoms with Crippen LogP contribution in [0.2, 0.25) is 0 Å². The summed E-state index contributed by atoms with van der Waals surface area (Å²) < 4.78 is 5.59. The van der Waals surface area contributed by atoms with Crippen molar-refractivity contribution in [3.05, 3.63) is 24.3 Å². The lowest BCUT2D eigenvalue weighted by Gasteiger charge is -2.29. The molecule has 0 saturated carbocycles. The number of benzene rings is 1. The lowest BCUT2D eigenvalue weighted by molar-refractivity contribution is -0.147. The number of fused-ring (bicyclic) bond motifs is 1. The standard InChI is InChI=1S/C14H14N2O4/c1-2-7-16(9-13(17)18)14(19)12-8-15-10-5-3-4-6-11(10)20-12/h1,3-6,12,15H,7-9H2,(H,17,18). The number of para-hydroxylation sites is 2. The van der Waals surface area contributed by atoms with Gasteiger partial charge in [0.2, 0.25) is 0 Å². The van der Waals surface area contributed by atoms with Crippen LogP contribution < -0.4 is 10.1 Å². The molecule has 6 heteroatoms. The Morgan fingerprint density at radius 1 is 1.50 bits per heavy atom. The predicted octanol–water partition coefficient (Wildman–Crippen LogP) is 0.406. The second-order valence-corrected chi connectivity index (χ2v) is 4.28. The van der Waals surface area contributed by atoms with Gasteiger partial charge in [0.1, 0.15) is 12.3 Å². The highest BCUT2D eigenvalue weighted by atomic mass is 16.5. The van der Waals surface area contributed by atoms with Crippen molar-refractivity contribution in [3.8, 4) is 18.1 Å². The molecule has 1 unspecified atom stereocenters. The maximum Gasteiger partial charge on any atom is 0.323 e. The number of hydrogen-bond donors (Lipinski definition) is 2. The van der Waals surface area contributed by atoms with Gasteiger partial charge < -0.3 is 20.1 Å². The van der Waals surface area contributed by atoms with E-state index in [2.05, 4.69) is 11.2 Å². The number of nitrogens with one attached hydrogen (secondary N) is 1. The summed E-state index contributed by atoms with van der Waals surface area (Å²) in [5.41, 5.74) is 0.804. The normalized spacial score (nSPS) is 16.1. The van der Waals surface area contributed by atoms with Crippen molar-refractivity contribution in [1.82, 2.24) is 4.90 Å². The molecule has 0 bridgehead atoms. The number of hydrogen-bond acceptors (Lipinski definition) is 4. The summed E-state index contributed by atoms with van der Waals surface area (Å²) >= 11 is 0. The molecule has 1 amide bonds. The van der Waals surface area contributed by atoms with Gasteiger partial charge in [-0.1, -0.05) is 18.1 Å². The lowest BCUT2D eigenvalue weighted by atomic mass is 10.2. The Kier molecular flexibility index (Phi) is 4.11. The van der Waals surface area contributed by atoms with Crippen molar-refractivity contribution in [2.24, 2.45) is 0 Å². The third-order valence-corrected chi connectivity index (χ3v) is 2.83. The van der Waals surface area contributed by atoms with E-state index in [0.29, 0.717) is 5.75 Å². The molecule has 20 heavy (non-hydrogen) atoms. The first-order chi connectivity index (χ1) is 9.61. The third kappa shape index (κ3) is 3.01. The van der Waals surface area contributed by atoms with Gasteiger partial charge in [-0.2, -0.15) is 0 Å². The van der Waals surface area contributed by atoms with Crippen molar-refractivity contribution in [2.45, 2.75) is 6.10 Å². The fourth-order valence-corrected chi connectivity index (χ4v) is 1.94. The molecule has 1 aromatic carbocycles. The van der Waals surface area contributed by atoms with Crippen molar-refractivity contribution in [1.29, 1.82) is 0 Å². The summed E-state index contributed by atoms with van der Waals surface area (Å²) in [5.74, 6) is 1.29. The molecule has 0 fully saturated rings. The number of nitrogens with zero attached hydrogens (tertiary/aromatic N) is 1. The van der Waals surface area contributed by atoms with E-state index in [0.717, 1.165) is 10.6 Å². The van der Waals surface area contributed by atoms with Gasteiger partial charge >= 0.3 is 5.97 Å². The van der Waals surface area contributed by atoms with E-state index in [-0.39, 0.29) is 13.1 Å². The number of anilines is 1. The SMILES string of the molecule is C#CCN(CC(=O)O)C(=O)C1CNc2ccccc2O1. The summed E-state index contributed by atoms with van der Waals surface area (Å²) in [6.45, 7) is -0.228. The Hall–Kier alpha value is -2.68. The quantitative estimate of drug-likeness (QED) is 0.777. The fourth-order valence-electron chi connectivity index (χ4n) is 1.94. The van der Waals surface area contributed by atoms with Gasteiger partial charge in [-0.05, 0) is 12.1 Å². The summed E-state index contributed by atoms with van der Waals surface area (Å²) in [6.07, 6.45) is 4.38. The van der Waals surface area contributed by atoms with Crippen molar-refractivity contribution < 1.29 is 19.4 Å². The summed E-state index contributed by atoms with van der Waals surface area (Å²) in [6, 6.07) is 7.23. The monoisotopic (exact) mass is 274 g/mol. The number of carboxylic acid groups (broad SMARTS) is 1. The van der Waals surface area contributed by atoms with Crippen LogP contribution in [-0.4, -0.2) is 47.6 Å². The summed E-state index contributed by atoms with van der Waals surface area (Å²) in [5, 5.41) is 11.9. The third-order valence-electron chi connectivity index (χ3n) is 2.83. The lowest BCUT2D eigenvalue weighted by Crippen LogP contribution is -2.48. The van der Waals surface area contributed by atoms with Crippen LogP contribution in [0.25, 0.3) is 0 Å². The minimum absolute atomic E-state index is 0.0629. The van der Waals surface area contributed by atoms with E-state index >= 15 is 0 Å². The molecular formula is C14H14N2O4. The number of rotatable bonds is 4. The van der Waals surface area contributed by atoms with Crippen molar-refractivity contribution in [2.75, 3.05) is 25.0 Å². The molecule has 1 aliphatic rings. The highest BCUT2D eigenvalue weighted by Crippen LogP contribution is 2.28. The molecular weight excluding hydrogens is 260 g/mol. The second-order valence-electron chi connectivity index (χ2n) is 4.28. The smallest absolute Gasteiger partial charge is 0.323 e. The molecule has 104 valence electrons. The zero-order chi connectivity index (χ0) is 14.5. The van der Waals surface area contributed by atoms with Gasteiger partial charge in [0.15, 0.2) is 6.10 Å². The largest absolute Gasteiger partial charge is 0.480 e. The van der Waals surface area contributed by atoms with E-state index in [4.69, 9.17) is 16.3 Å². The molecule has 1 aliphatic heterocycles. The molecule has 1 atom stereocenters. The molecule has 0 saturated heterocycles. The predicted molar refractivity (Wildman–Crippen MR) is 72.4 cm³/mol. The highest BCUT2D eigenvalue weighted by molar-refractivity contribution is 5.86. The minimum atomic E-state index is -1.11. The fraction of sp³-hybridized carbons (Fsp3) is 0.286. The van der Waals surface area contributed by atoms with E-state index < -0.39 is 24.5 Å². The number of terminal acetylenes is 1. The molecule has 0 radical (unpaired) electrons. The first kappa shape index (κ1) is 13.7. The van der Waals surface area contributed by atoms with E-state index in [1.807, 2.05) is 12.1 Å². The van der Waals surface area contributed by atoms with E-state index in [9.17, 15) is 9.59 Å². The van der Waals surface area contributed by atoms with Crippen molar-refractivity contribution >= 4 is 17.6 Å². The maximum atomic E-state index is 12.2. The maximum absolute atomic E-state index is 12.2. The van der Waals surface area contributed by atoms with Gasteiger partial charge in [-0.3, -0.25) is 9.59 Å². The number of carbonyl (C=O) groups is 2. The number of carboxylic acids is 1. The van der Waals surface area contributed by atoms with Crippen LogP contribution >= 0.6 is 0 Å². The van der Waals surface area contributed by atoms with Crippen LogP contribution in [0, 0.1) is 12.3 Å². The Bertz CT molecular complexity index is 565. The molecule has 1 aromatic rings. The van der Waals surface area contributed by atoms with Crippen LogP contribution in [0.1, 0.15) is 0 Å². The number of ether oxygens (including phenoxy) is 1. The van der Waals surface area contributed by atoms with Crippen molar-refractivity contribution in [3.63, 3.8) is 0 Å². The average molecular weight is 274 g/mol. The van der Waals surface area contributed by atoms with Crippen LogP contribution in [-0.2, 0) is 9.59 Å². The summed E-state index contributed by atoms with van der Waals surface area (Å²) in [7, 11) is 0. The van der Waals surface area contributed by atoms with Gasteiger partial charge in [-0.25, -0.2) is 0 Å². The zero-order valence-corrected chi connectivity index (χ0v) is 10.7.